The summed E-state index contributed by atoms with van der Waals surface area (Å²) in [6.45, 7) is 6.77. The van der Waals surface area contributed by atoms with Gasteiger partial charge in [0.1, 0.15) is 12.4 Å². The second-order valence-electron chi connectivity index (χ2n) is 7.94. The van der Waals surface area contributed by atoms with E-state index >= 15 is 0 Å². The first-order valence-electron chi connectivity index (χ1n) is 9.79. The van der Waals surface area contributed by atoms with E-state index < -0.39 is 0 Å². The van der Waals surface area contributed by atoms with Gasteiger partial charge in [-0.2, -0.15) is 0 Å². The molecule has 3 rings (SSSR count). The summed E-state index contributed by atoms with van der Waals surface area (Å²) in [6.07, 6.45) is 0. The summed E-state index contributed by atoms with van der Waals surface area (Å²) in [7, 11) is 0. The maximum absolute atomic E-state index is 13.0. The summed E-state index contributed by atoms with van der Waals surface area (Å²) >= 11 is 7.13. The van der Waals surface area contributed by atoms with Crippen molar-refractivity contribution in [1.82, 2.24) is 19.8 Å². The van der Waals surface area contributed by atoms with Gasteiger partial charge < -0.3 is 15.5 Å². The van der Waals surface area contributed by atoms with Crippen LogP contribution in [0.4, 0.5) is 0 Å². The van der Waals surface area contributed by atoms with Crippen LogP contribution in [-0.2, 0) is 17.9 Å². The Morgan fingerprint density at radius 1 is 1.13 bits per heavy atom. The van der Waals surface area contributed by atoms with Crippen molar-refractivity contribution in [2.75, 3.05) is 11.6 Å². The van der Waals surface area contributed by atoms with Crippen LogP contribution in [0.2, 0.25) is 5.02 Å². The van der Waals surface area contributed by atoms with E-state index in [1.807, 2.05) is 56.0 Å². The zero-order valence-electron chi connectivity index (χ0n) is 17.8. The van der Waals surface area contributed by atoms with Crippen molar-refractivity contribution in [2.45, 2.75) is 44.6 Å². The van der Waals surface area contributed by atoms with Crippen LogP contribution < -0.4 is 10.6 Å². The Labute approximate surface area is 191 Å². The second kappa shape index (κ2) is 10.1. The van der Waals surface area contributed by atoms with Crippen LogP contribution in [0.15, 0.2) is 59.8 Å². The molecular weight excluding hydrogens is 434 g/mol. The normalized spacial score (nSPS) is 11.4. The molecule has 0 aliphatic carbocycles. The van der Waals surface area contributed by atoms with E-state index in [9.17, 15) is 4.79 Å². The molecule has 0 unspecified atom stereocenters. The van der Waals surface area contributed by atoms with E-state index in [-0.39, 0.29) is 23.8 Å². The molecule has 0 saturated carbocycles. The van der Waals surface area contributed by atoms with Gasteiger partial charge in [0, 0.05) is 17.1 Å². The van der Waals surface area contributed by atoms with Gasteiger partial charge in [-0.05, 0) is 50.6 Å². The monoisotopic (exact) mass is 459 g/mol. The maximum atomic E-state index is 13.0. The summed E-state index contributed by atoms with van der Waals surface area (Å²) in [5.74, 6) is 7.43. The Balaban J connectivity index is 1.60. The van der Waals surface area contributed by atoms with E-state index in [2.05, 4.69) is 10.2 Å². The van der Waals surface area contributed by atoms with Crippen LogP contribution in [0.1, 0.15) is 32.2 Å². The number of amides is 1. The quantitative estimate of drug-likeness (QED) is 0.402. The Kier molecular flexibility index (Phi) is 7.46. The molecule has 0 fully saturated rings. The first kappa shape index (κ1) is 23.0. The zero-order valence-corrected chi connectivity index (χ0v) is 19.4. The molecule has 0 saturated heterocycles. The smallest absolute Gasteiger partial charge is 0.233 e. The van der Waals surface area contributed by atoms with E-state index in [1.165, 1.54) is 16.4 Å². The van der Waals surface area contributed by atoms with Gasteiger partial charge in [0.2, 0.25) is 11.1 Å². The molecule has 2 N–H and O–H groups in total. The number of nitrogens with two attached hydrogens (primary N) is 1. The molecule has 31 heavy (non-hydrogen) atoms. The van der Waals surface area contributed by atoms with Crippen molar-refractivity contribution in [2.24, 2.45) is 0 Å². The summed E-state index contributed by atoms with van der Waals surface area (Å²) in [5.41, 5.74) is 0.765. The summed E-state index contributed by atoms with van der Waals surface area (Å²) in [6, 6.07) is 17.0. The molecule has 1 amide bonds. The molecule has 1 heterocycles. The number of carbonyl (C=O) groups is 1. The van der Waals surface area contributed by atoms with Gasteiger partial charge in [0.25, 0.3) is 0 Å². The lowest BCUT2D eigenvalue weighted by Gasteiger charge is -2.36. The highest BCUT2D eigenvalue weighted by Gasteiger charge is 2.27. The minimum Gasteiger partial charge on any atom is -0.486 e. The van der Waals surface area contributed by atoms with E-state index in [1.54, 1.807) is 24.3 Å². The predicted octanol–water partition coefficient (Wildman–Crippen LogP) is 4.14. The van der Waals surface area contributed by atoms with Crippen LogP contribution in [0.25, 0.3) is 0 Å². The third-order valence-electron chi connectivity index (χ3n) is 4.54. The molecular formula is C22H26ClN5O2S. The van der Waals surface area contributed by atoms with Crippen LogP contribution >= 0.6 is 23.4 Å². The maximum Gasteiger partial charge on any atom is 0.233 e. The van der Waals surface area contributed by atoms with Gasteiger partial charge in [0.15, 0.2) is 5.82 Å². The van der Waals surface area contributed by atoms with E-state index in [4.69, 9.17) is 22.2 Å². The van der Waals surface area contributed by atoms with Crippen LogP contribution in [0.5, 0.6) is 5.75 Å². The zero-order chi connectivity index (χ0) is 22.4. The Morgan fingerprint density at radius 2 is 1.81 bits per heavy atom. The Morgan fingerprint density at radius 3 is 2.45 bits per heavy atom. The highest BCUT2D eigenvalue weighted by Crippen LogP contribution is 2.22. The fourth-order valence-electron chi connectivity index (χ4n) is 2.85. The summed E-state index contributed by atoms with van der Waals surface area (Å²) in [4.78, 5) is 14.9. The molecule has 1 aromatic heterocycles. The minimum atomic E-state index is -0.318. The molecule has 164 valence electrons. The lowest BCUT2D eigenvalue weighted by Crippen LogP contribution is -2.46. The number of nitrogens with zero attached hydrogens (tertiary/aromatic N) is 4. The number of carbonyl (C=O) groups excluding carboxylic acids is 1. The van der Waals surface area contributed by atoms with Gasteiger partial charge in [-0.15, -0.1) is 10.2 Å². The van der Waals surface area contributed by atoms with Crippen LogP contribution in [0.3, 0.4) is 0 Å². The second-order valence-corrected chi connectivity index (χ2v) is 9.32. The molecule has 0 radical (unpaired) electrons. The number of hydrogen-bond acceptors (Lipinski definition) is 6. The molecule has 0 aliphatic rings. The fraction of sp³-hybridized carbons (Fsp3) is 0.318. The lowest BCUT2D eigenvalue weighted by molar-refractivity contribution is -0.133. The topological polar surface area (TPSA) is 86.3 Å². The van der Waals surface area contributed by atoms with Gasteiger partial charge in [-0.25, -0.2) is 4.68 Å². The Bertz CT molecular complexity index is 1000. The Hall–Kier alpha value is -2.71. The number of rotatable bonds is 8. The molecule has 0 bridgehead atoms. The highest BCUT2D eigenvalue weighted by atomic mass is 35.5. The number of aromatic nitrogens is 3. The predicted molar refractivity (Wildman–Crippen MR) is 123 cm³/mol. The van der Waals surface area contributed by atoms with Gasteiger partial charge >= 0.3 is 0 Å². The van der Waals surface area contributed by atoms with E-state index in [0.717, 1.165) is 5.56 Å². The number of ether oxygens (including phenoxy) is 1. The molecule has 3 aromatic rings. The summed E-state index contributed by atoms with van der Waals surface area (Å²) < 4.78 is 7.02. The van der Waals surface area contributed by atoms with Gasteiger partial charge in [-0.1, -0.05) is 53.7 Å². The van der Waals surface area contributed by atoms with Gasteiger partial charge in [-0.3, -0.25) is 4.79 Å². The number of hydrogen-bond donors (Lipinski definition) is 1. The van der Waals surface area contributed by atoms with Crippen molar-refractivity contribution in [3.63, 3.8) is 0 Å². The summed E-state index contributed by atoms with van der Waals surface area (Å²) in [5, 5.41) is 9.27. The number of thioether (sulfide) groups is 1. The molecule has 2 aromatic carbocycles. The SMILES string of the molecule is CC(C)(C)N(Cc1ccccc1)C(=O)CSc1nnc(COc2ccc(Cl)cc2)n1N. The van der Waals surface area contributed by atoms with Crippen molar-refractivity contribution in [1.29, 1.82) is 0 Å². The molecule has 0 atom stereocenters. The standard InChI is InChI=1S/C22H26ClN5O2S/c1-22(2,3)27(13-16-7-5-4-6-8-16)20(29)15-31-21-26-25-19(28(21)24)14-30-18-11-9-17(23)10-12-18/h4-12H,13-15,24H2,1-3H3. The largest absolute Gasteiger partial charge is 0.486 e. The van der Waals surface area contributed by atoms with Crippen molar-refractivity contribution in [3.05, 3.63) is 71.0 Å². The third-order valence-corrected chi connectivity index (χ3v) is 5.72. The lowest BCUT2D eigenvalue weighted by atomic mass is 10.0. The van der Waals surface area contributed by atoms with Gasteiger partial charge in [0.05, 0.1) is 5.75 Å². The van der Waals surface area contributed by atoms with Crippen molar-refractivity contribution < 1.29 is 9.53 Å². The fourth-order valence-corrected chi connectivity index (χ4v) is 3.73. The number of nitrogen functional groups attached to an aromatic ring is 1. The number of halogens is 1. The molecule has 9 heteroatoms. The first-order chi connectivity index (χ1) is 14.7. The number of benzene rings is 2. The van der Waals surface area contributed by atoms with Crippen molar-refractivity contribution in [3.8, 4) is 5.75 Å². The van der Waals surface area contributed by atoms with E-state index in [0.29, 0.717) is 28.3 Å². The molecule has 7 nitrogen and oxygen atoms in total. The average Bonchev–Trinajstić information content (AvgIpc) is 3.09. The molecule has 0 spiro atoms. The minimum absolute atomic E-state index is 0.00307. The average molecular weight is 460 g/mol. The third kappa shape index (κ3) is 6.38. The first-order valence-corrected chi connectivity index (χ1v) is 11.2. The van der Waals surface area contributed by atoms with Crippen LogP contribution in [0, 0.1) is 0 Å². The highest BCUT2D eigenvalue weighted by molar-refractivity contribution is 7.99. The molecule has 0 aliphatic heterocycles. The van der Waals surface area contributed by atoms with Crippen molar-refractivity contribution >= 4 is 29.3 Å². The van der Waals surface area contributed by atoms with Crippen LogP contribution in [-0.4, -0.2) is 37.0 Å².